The third-order valence-corrected chi connectivity index (χ3v) is 4.63. The van der Waals surface area contributed by atoms with E-state index in [1.807, 2.05) is 38.1 Å². The molecule has 1 unspecified atom stereocenters. The second-order valence-corrected chi connectivity index (χ2v) is 6.88. The lowest BCUT2D eigenvalue weighted by Crippen LogP contribution is -3.14. The summed E-state index contributed by atoms with van der Waals surface area (Å²) in [4.78, 5) is 25.8. The number of benzene rings is 2. The van der Waals surface area contributed by atoms with Crippen molar-refractivity contribution in [1.82, 2.24) is 0 Å². The van der Waals surface area contributed by atoms with Crippen LogP contribution in [0.5, 0.6) is 0 Å². The molecule has 0 saturated carbocycles. The summed E-state index contributed by atoms with van der Waals surface area (Å²) < 4.78 is 5.12. The van der Waals surface area contributed by atoms with E-state index in [1.165, 1.54) is 0 Å². The Bertz CT molecular complexity index is 905. The van der Waals surface area contributed by atoms with E-state index in [-0.39, 0.29) is 24.9 Å². The first-order valence-corrected chi connectivity index (χ1v) is 9.41. The van der Waals surface area contributed by atoms with Crippen LogP contribution < -0.4 is 15.5 Å². The number of nitrogens with zero attached hydrogens (tertiary/aromatic N) is 1. The van der Waals surface area contributed by atoms with Crippen molar-refractivity contribution in [3.8, 4) is 6.07 Å². The molecule has 2 aromatic carbocycles. The number of quaternary nitrogens is 1. The van der Waals surface area contributed by atoms with Crippen LogP contribution in [0.25, 0.3) is 0 Å². The molecule has 0 heterocycles. The third-order valence-electron chi connectivity index (χ3n) is 4.63. The van der Waals surface area contributed by atoms with Crippen LogP contribution in [0.15, 0.2) is 42.5 Å². The van der Waals surface area contributed by atoms with Gasteiger partial charge in [0.2, 0.25) is 0 Å². The van der Waals surface area contributed by atoms with Gasteiger partial charge in [-0.15, -0.1) is 0 Å². The average molecular weight is 395 g/mol. The number of anilines is 2. The predicted molar refractivity (Wildman–Crippen MR) is 112 cm³/mol. The molecule has 2 aromatic rings. The highest BCUT2D eigenvalue weighted by Gasteiger charge is 2.19. The van der Waals surface area contributed by atoms with Gasteiger partial charge < -0.3 is 20.3 Å². The van der Waals surface area contributed by atoms with Gasteiger partial charge in [0.1, 0.15) is 6.54 Å². The van der Waals surface area contributed by atoms with Crippen molar-refractivity contribution in [2.45, 2.75) is 13.8 Å². The zero-order valence-corrected chi connectivity index (χ0v) is 17.0. The number of methoxy groups -OCH3 is 1. The highest BCUT2D eigenvalue weighted by Crippen LogP contribution is 2.17. The summed E-state index contributed by atoms with van der Waals surface area (Å²) in [5.74, 6) is -0.394. The summed E-state index contributed by atoms with van der Waals surface area (Å²) in [5, 5.41) is 14.7. The largest absolute Gasteiger partial charge is 0.379 e. The summed E-state index contributed by atoms with van der Waals surface area (Å²) in [7, 11) is 1.58. The van der Waals surface area contributed by atoms with Crippen molar-refractivity contribution in [3.63, 3.8) is 0 Å². The van der Waals surface area contributed by atoms with Gasteiger partial charge in [-0.3, -0.25) is 9.59 Å². The Morgan fingerprint density at radius 3 is 2.45 bits per heavy atom. The molecule has 0 aliphatic carbocycles. The summed E-state index contributed by atoms with van der Waals surface area (Å²) >= 11 is 0. The molecule has 2 amide bonds. The lowest BCUT2D eigenvalue weighted by Gasteiger charge is -2.19. The fourth-order valence-electron chi connectivity index (χ4n) is 2.89. The van der Waals surface area contributed by atoms with Crippen molar-refractivity contribution < 1.29 is 19.2 Å². The zero-order valence-electron chi connectivity index (χ0n) is 17.0. The molecule has 0 fully saturated rings. The second kappa shape index (κ2) is 11.0. The average Bonchev–Trinajstić information content (AvgIpc) is 2.69. The maximum Gasteiger partial charge on any atom is 0.279 e. The number of carbonyl (C=O) groups excluding carboxylic acids is 2. The Hall–Kier alpha value is -3.21. The molecule has 0 spiro atoms. The molecular formula is C22H27N4O3+. The Kier molecular flexibility index (Phi) is 8.34. The lowest BCUT2D eigenvalue weighted by atomic mass is 10.1. The molecule has 3 N–H and O–H groups in total. The van der Waals surface area contributed by atoms with Gasteiger partial charge in [0.25, 0.3) is 11.8 Å². The van der Waals surface area contributed by atoms with Gasteiger partial charge in [0, 0.05) is 18.5 Å². The van der Waals surface area contributed by atoms with E-state index in [0.29, 0.717) is 24.4 Å². The molecule has 2 rings (SSSR count). The minimum Gasteiger partial charge on any atom is -0.379 e. The molecule has 1 atom stereocenters. The van der Waals surface area contributed by atoms with Crippen LogP contribution in [-0.2, 0) is 14.3 Å². The monoisotopic (exact) mass is 395 g/mol. The van der Waals surface area contributed by atoms with Crippen molar-refractivity contribution >= 4 is 23.2 Å². The van der Waals surface area contributed by atoms with E-state index >= 15 is 0 Å². The van der Waals surface area contributed by atoms with Crippen LogP contribution in [-0.4, -0.2) is 45.2 Å². The molecule has 0 radical (unpaired) electrons. The van der Waals surface area contributed by atoms with Gasteiger partial charge in [-0.05, 0) is 49.2 Å². The SMILES string of the molecule is COCC[NH+](CC(=O)Nc1cccc(C#N)c1)CC(=O)Nc1cccc(C)c1C. The van der Waals surface area contributed by atoms with E-state index in [1.54, 1.807) is 31.4 Å². The van der Waals surface area contributed by atoms with E-state index in [2.05, 4.69) is 10.6 Å². The van der Waals surface area contributed by atoms with Gasteiger partial charge >= 0.3 is 0 Å². The highest BCUT2D eigenvalue weighted by atomic mass is 16.5. The van der Waals surface area contributed by atoms with Crippen molar-refractivity contribution in [3.05, 3.63) is 59.2 Å². The standard InChI is InChI=1S/C22H26N4O3/c1-16-6-4-9-20(17(16)2)25-22(28)15-26(10-11-29-3)14-21(27)24-19-8-5-7-18(12-19)13-23/h4-9,12H,10-11,14-15H2,1-3H3,(H,24,27)(H,25,28)/p+1. The summed E-state index contributed by atoms with van der Waals surface area (Å²) in [5.41, 5.74) is 3.93. The molecule has 7 heteroatoms. The highest BCUT2D eigenvalue weighted by molar-refractivity contribution is 5.93. The van der Waals surface area contributed by atoms with Crippen LogP contribution in [0.1, 0.15) is 16.7 Å². The Labute approximate surface area is 171 Å². The van der Waals surface area contributed by atoms with Crippen molar-refractivity contribution in [2.75, 3.05) is 44.0 Å². The lowest BCUT2D eigenvalue weighted by molar-refractivity contribution is -0.883. The number of nitrogens with one attached hydrogen (secondary N) is 3. The number of hydrogen-bond donors (Lipinski definition) is 3. The molecule has 0 saturated heterocycles. The number of nitriles is 1. The zero-order chi connectivity index (χ0) is 21.2. The number of ether oxygens (including phenoxy) is 1. The Balaban J connectivity index is 1.98. The van der Waals surface area contributed by atoms with Gasteiger partial charge in [0.05, 0.1) is 18.2 Å². The number of aryl methyl sites for hydroxylation is 1. The van der Waals surface area contributed by atoms with Gasteiger partial charge in [-0.2, -0.15) is 5.26 Å². The normalized spacial score (nSPS) is 11.4. The summed E-state index contributed by atoms with van der Waals surface area (Å²) in [6, 6.07) is 14.5. The first kappa shape index (κ1) is 22.1. The van der Waals surface area contributed by atoms with Gasteiger partial charge in [-0.1, -0.05) is 18.2 Å². The van der Waals surface area contributed by atoms with E-state index in [4.69, 9.17) is 10.00 Å². The third kappa shape index (κ3) is 7.03. The molecular weight excluding hydrogens is 368 g/mol. The molecule has 7 nitrogen and oxygen atoms in total. The first-order valence-electron chi connectivity index (χ1n) is 9.41. The number of rotatable bonds is 9. The van der Waals surface area contributed by atoms with Crippen LogP contribution in [0, 0.1) is 25.2 Å². The Morgan fingerprint density at radius 2 is 1.76 bits per heavy atom. The molecule has 0 aliphatic rings. The molecule has 0 aromatic heterocycles. The fourth-order valence-corrected chi connectivity index (χ4v) is 2.89. The number of hydrogen-bond acceptors (Lipinski definition) is 4. The quantitative estimate of drug-likeness (QED) is 0.596. The topological polar surface area (TPSA) is 95.7 Å². The summed E-state index contributed by atoms with van der Waals surface area (Å²) in [6.45, 7) is 5.16. The van der Waals surface area contributed by atoms with Crippen molar-refractivity contribution in [2.24, 2.45) is 0 Å². The second-order valence-electron chi connectivity index (χ2n) is 6.88. The van der Waals surface area contributed by atoms with E-state index < -0.39 is 0 Å². The predicted octanol–water partition coefficient (Wildman–Crippen LogP) is 1.28. The smallest absolute Gasteiger partial charge is 0.279 e. The van der Waals surface area contributed by atoms with Gasteiger partial charge in [-0.25, -0.2) is 0 Å². The van der Waals surface area contributed by atoms with Crippen LogP contribution >= 0.6 is 0 Å². The Morgan fingerprint density at radius 1 is 1.07 bits per heavy atom. The van der Waals surface area contributed by atoms with E-state index in [9.17, 15) is 9.59 Å². The molecule has 0 aliphatic heterocycles. The first-order chi connectivity index (χ1) is 13.9. The minimum atomic E-state index is -0.231. The van der Waals surface area contributed by atoms with E-state index in [0.717, 1.165) is 21.7 Å². The summed E-state index contributed by atoms with van der Waals surface area (Å²) in [6.07, 6.45) is 0. The maximum atomic E-state index is 12.5. The number of amides is 2. The molecule has 29 heavy (non-hydrogen) atoms. The number of carbonyl (C=O) groups is 2. The molecule has 152 valence electrons. The van der Waals surface area contributed by atoms with Crippen LogP contribution in [0.4, 0.5) is 11.4 Å². The van der Waals surface area contributed by atoms with Crippen LogP contribution in [0.3, 0.4) is 0 Å². The maximum absolute atomic E-state index is 12.5. The van der Waals surface area contributed by atoms with Gasteiger partial charge in [0.15, 0.2) is 13.1 Å². The fraction of sp³-hybridized carbons (Fsp3) is 0.318. The van der Waals surface area contributed by atoms with Crippen LogP contribution in [0.2, 0.25) is 0 Å². The minimum absolute atomic E-state index is 0.111. The molecule has 0 bridgehead atoms. The van der Waals surface area contributed by atoms with Crippen molar-refractivity contribution in [1.29, 1.82) is 5.26 Å².